The fourth-order valence-electron chi connectivity index (χ4n) is 1.36. The third-order valence-corrected chi connectivity index (χ3v) is 3.22. The summed E-state index contributed by atoms with van der Waals surface area (Å²) in [6.45, 7) is 0.534. The van der Waals surface area contributed by atoms with E-state index in [0.29, 0.717) is 6.54 Å². The summed E-state index contributed by atoms with van der Waals surface area (Å²) in [5.41, 5.74) is 1.15. The van der Waals surface area contributed by atoms with Gasteiger partial charge < -0.3 is 5.32 Å². The van der Waals surface area contributed by atoms with Crippen LogP contribution < -0.4 is 5.32 Å². The summed E-state index contributed by atoms with van der Waals surface area (Å²) in [4.78, 5) is 11.3. The molecule has 0 heterocycles. The quantitative estimate of drug-likeness (QED) is 0.817. The molecule has 0 saturated carbocycles. The largest absolute Gasteiger partial charge is 0.356 e. The number of carbonyl (C=O) groups excluding carboxylic acids is 1. The van der Waals surface area contributed by atoms with Gasteiger partial charge in [-0.05, 0) is 12.0 Å². The Morgan fingerprint density at radius 2 is 1.88 bits per heavy atom. The van der Waals surface area contributed by atoms with E-state index < -0.39 is 9.84 Å². The standard InChI is InChI=1S/C12H17NO3S/c1-17(15,16)10-8-12(14)13-9-7-11-5-3-2-4-6-11/h2-6H,7-10H2,1H3,(H,13,14). The smallest absolute Gasteiger partial charge is 0.221 e. The molecule has 0 radical (unpaired) electrons. The minimum absolute atomic E-state index is 0.0353. The number of sulfone groups is 1. The van der Waals surface area contributed by atoms with E-state index in [2.05, 4.69) is 5.32 Å². The van der Waals surface area contributed by atoms with Crippen LogP contribution in [0.1, 0.15) is 12.0 Å². The molecule has 1 rings (SSSR count). The van der Waals surface area contributed by atoms with Gasteiger partial charge in [0.1, 0.15) is 9.84 Å². The zero-order chi connectivity index (χ0) is 12.7. The highest BCUT2D eigenvalue weighted by atomic mass is 32.2. The Balaban J connectivity index is 2.21. The molecule has 1 aromatic carbocycles. The summed E-state index contributed by atoms with van der Waals surface area (Å²) in [6, 6.07) is 9.81. The first-order chi connectivity index (χ1) is 7.97. The van der Waals surface area contributed by atoms with Crippen molar-refractivity contribution < 1.29 is 13.2 Å². The zero-order valence-corrected chi connectivity index (χ0v) is 10.7. The van der Waals surface area contributed by atoms with Crippen molar-refractivity contribution in [2.24, 2.45) is 0 Å². The Kier molecular flexibility index (Phi) is 5.15. The van der Waals surface area contributed by atoms with Crippen molar-refractivity contribution in [2.75, 3.05) is 18.6 Å². The number of hydrogen-bond acceptors (Lipinski definition) is 3. The molecule has 1 aromatic rings. The molecule has 17 heavy (non-hydrogen) atoms. The number of hydrogen-bond donors (Lipinski definition) is 1. The number of nitrogens with one attached hydrogen (secondary N) is 1. The van der Waals surface area contributed by atoms with Crippen molar-refractivity contribution in [3.63, 3.8) is 0 Å². The van der Waals surface area contributed by atoms with Crippen molar-refractivity contribution >= 4 is 15.7 Å². The maximum absolute atomic E-state index is 11.3. The maximum atomic E-state index is 11.3. The first kappa shape index (κ1) is 13.7. The molecule has 0 unspecified atom stereocenters. The molecular weight excluding hydrogens is 238 g/mol. The number of rotatable bonds is 6. The minimum atomic E-state index is -3.06. The monoisotopic (exact) mass is 255 g/mol. The Hall–Kier alpha value is -1.36. The molecule has 0 fully saturated rings. The Morgan fingerprint density at radius 3 is 2.47 bits per heavy atom. The molecule has 5 heteroatoms. The molecule has 4 nitrogen and oxygen atoms in total. The fourth-order valence-corrected chi connectivity index (χ4v) is 1.91. The summed E-state index contributed by atoms with van der Waals surface area (Å²) in [7, 11) is -3.06. The first-order valence-electron chi connectivity index (χ1n) is 5.46. The van der Waals surface area contributed by atoms with Crippen LogP contribution in [0.5, 0.6) is 0 Å². The summed E-state index contributed by atoms with van der Waals surface area (Å²) < 4.78 is 21.7. The van der Waals surface area contributed by atoms with E-state index >= 15 is 0 Å². The van der Waals surface area contributed by atoms with Crippen LogP contribution in [0.2, 0.25) is 0 Å². The van der Waals surface area contributed by atoms with Crippen LogP contribution in [0.4, 0.5) is 0 Å². The van der Waals surface area contributed by atoms with Gasteiger partial charge in [0.05, 0.1) is 5.75 Å². The third kappa shape index (κ3) is 6.73. The highest BCUT2D eigenvalue weighted by Gasteiger charge is 2.07. The van der Waals surface area contributed by atoms with Crippen LogP contribution in [0.25, 0.3) is 0 Å². The lowest BCUT2D eigenvalue weighted by molar-refractivity contribution is -0.120. The van der Waals surface area contributed by atoms with E-state index in [1.165, 1.54) is 0 Å². The van der Waals surface area contributed by atoms with Gasteiger partial charge in [-0.2, -0.15) is 0 Å². The molecule has 0 aliphatic carbocycles. The van der Waals surface area contributed by atoms with Gasteiger partial charge in [0.15, 0.2) is 0 Å². The summed E-state index contributed by atoms with van der Waals surface area (Å²) in [6.07, 6.45) is 1.92. The Morgan fingerprint density at radius 1 is 1.24 bits per heavy atom. The van der Waals surface area contributed by atoms with E-state index in [-0.39, 0.29) is 18.1 Å². The number of benzene rings is 1. The van der Waals surface area contributed by atoms with Gasteiger partial charge in [-0.1, -0.05) is 30.3 Å². The van der Waals surface area contributed by atoms with Gasteiger partial charge >= 0.3 is 0 Å². The van der Waals surface area contributed by atoms with Gasteiger partial charge in [0, 0.05) is 19.2 Å². The molecule has 0 bridgehead atoms. The zero-order valence-electron chi connectivity index (χ0n) is 9.85. The second kappa shape index (κ2) is 6.39. The SMILES string of the molecule is CS(=O)(=O)CCC(=O)NCCc1ccccc1. The second-order valence-electron chi connectivity index (χ2n) is 3.97. The third-order valence-electron chi connectivity index (χ3n) is 2.28. The van der Waals surface area contributed by atoms with Crippen LogP contribution in [-0.2, 0) is 21.1 Å². The lowest BCUT2D eigenvalue weighted by atomic mass is 10.1. The Labute approximate surface area is 102 Å². The first-order valence-corrected chi connectivity index (χ1v) is 7.52. The number of carbonyl (C=O) groups is 1. The van der Waals surface area contributed by atoms with E-state index in [4.69, 9.17) is 0 Å². The average molecular weight is 255 g/mol. The van der Waals surface area contributed by atoms with Gasteiger partial charge in [0.25, 0.3) is 0 Å². The van der Waals surface area contributed by atoms with E-state index in [1.54, 1.807) is 0 Å². The van der Waals surface area contributed by atoms with Gasteiger partial charge in [0.2, 0.25) is 5.91 Å². The average Bonchev–Trinajstić information content (AvgIpc) is 2.27. The summed E-state index contributed by atoms with van der Waals surface area (Å²) in [5.74, 6) is -0.309. The van der Waals surface area contributed by atoms with Crippen LogP contribution in [0, 0.1) is 0 Å². The molecular formula is C12H17NO3S. The van der Waals surface area contributed by atoms with Crippen molar-refractivity contribution in [3.05, 3.63) is 35.9 Å². The highest BCUT2D eigenvalue weighted by molar-refractivity contribution is 7.90. The van der Waals surface area contributed by atoms with Gasteiger partial charge in [-0.15, -0.1) is 0 Å². The van der Waals surface area contributed by atoms with Crippen LogP contribution in [0.3, 0.4) is 0 Å². The molecule has 0 aliphatic heterocycles. The topological polar surface area (TPSA) is 63.2 Å². The van der Waals surface area contributed by atoms with Gasteiger partial charge in [-0.3, -0.25) is 4.79 Å². The van der Waals surface area contributed by atoms with Crippen molar-refractivity contribution in [1.82, 2.24) is 5.32 Å². The van der Waals surface area contributed by atoms with E-state index in [9.17, 15) is 13.2 Å². The predicted molar refractivity (Wildman–Crippen MR) is 67.5 cm³/mol. The predicted octanol–water partition coefficient (Wildman–Crippen LogP) is 0.780. The molecule has 0 spiro atoms. The lowest BCUT2D eigenvalue weighted by Gasteiger charge is -2.04. The van der Waals surface area contributed by atoms with Crippen LogP contribution >= 0.6 is 0 Å². The lowest BCUT2D eigenvalue weighted by Crippen LogP contribution is -2.27. The molecule has 1 amide bonds. The fraction of sp³-hybridized carbons (Fsp3) is 0.417. The normalized spacial score (nSPS) is 11.1. The molecule has 1 N–H and O–H groups in total. The second-order valence-corrected chi connectivity index (χ2v) is 6.23. The maximum Gasteiger partial charge on any atom is 0.221 e. The minimum Gasteiger partial charge on any atom is -0.356 e. The van der Waals surface area contributed by atoms with Crippen molar-refractivity contribution in [3.8, 4) is 0 Å². The van der Waals surface area contributed by atoms with Crippen molar-refractivity contribution in [2.45, 2.75) is 12.8 Å². The highest BCUT2D eigenvalue weighted by Crippen LogP contribution is 1.98. The van der Waals surface area contributed by atoms with Crippen molar-refractivity contribution in [1.29, 1.82) is 0 Å². The molecule has 0 atom stereocenters. The summed E-state index contributed by atoms with van der Waals surface area (Å²) in [5, 5.41) is 2.70. The molecule has 0 aliphatic rings. The van der Waals surface area contributed by atoms with Crippen LogP contribution in [-0.4, -0.2) is 32.9 Å². The number of amides is 1. The molecule has 0 aromatic heterocycles. The van der Waals surface area contributed by atoms with E-state index in [1.807, 2.05) is 30.3 Å². The van der Waals surface area contributed by atoms with Crippen LogP contribution in [0.15, 0.2) is 30.3 Å². The molecule has 0 saturated heterocycles. The molecule has 94 valence electrons. The van der Waals surface area contributed by atoms with Gasteiger partial charge in [-0.25, -0.2) is 8.42 Å². The summed E-state index contributed by atoms with van der Waals surface area (Å²) >= 11 is 0. The van der Waals surface area contributed by atoms with E-state index in [0.717, 1.165) is 18.2 Å². The Bertz CT molecular complexity index is 454.